The molecule has 2 aliphatic rings. The molecule has 0 bridgehead atoms. The minimum atomic E-state index is -0.289. The predicted octanol–water partition coefficient (Wildman–Crippen LogP) is 2.19. The van der Waals surface area contributed by atoms with Crippen LogP contribution in [0.2, 0.25) is 0 Å². The van der Waals surface area contributed by atoms with Crippen molar-refractivity contribution in [1.82, 2.24) is 14.9 Å². The topological polar surface area (TPSA) is 93.8 Å². The summed E-state index contributed by atoms with van der Waals surface area (Å²) in [6.07, 6.45) is 6.86. The van der Waals surface area contributed by atoms with E-state index in [1.807, 2.05) is 19.9 Å². The van der Waals surface area contributed by atoms with Gasteiger partial charge in [0, 0.05) is 37.6 Å². The van der Waals surface area contributed by atoms with Gasteiger partial charge >= 0.3 is 6.09 Å². The minimum absolute atomic E-state index is 0.0799. The zero-order valence-corrected chi connectivity index (χ0v) is 17.2. The predicted molar refractivity (Wildman–Crippen MR) is 107 cm³/mol. The molecule has 0 aliphatic carbocycles. The van der Waals surface area contributed by atoms with E-state index in [1.54, 1.807) is 17.3 Å². The molecule has 156 valence electrons. The quantitative estimate of drug-likeness (QED) is 0.822. The fourth-order valence-corrected chi connectivity index (χ4v) is 4.05. The fraction of sp³-hybridized carbons (Fsp3) is 0.750. The highest BCUT2D eigenvalue weighted by Gasteiger charge is 2.35. The Hall–Kier alpha value is -1.93. The molecule has 0 spiro atoms. The third kappa shape index (κ3) is 5.11. The first-order valence-corrected chi connectivity index (χ1v) is 10.3. The number of hydrogen-bond donors (Lipinski definition) is 1. The van der Waals surface area contributed by atoms with Crippen molar-refractivity contribution in [2.24, 2.45) is 5.73 Å². The summed E-state index contributed by atoms with van der Waals surface area (Å²) >= 11 is 0. The molecule has 2 aliphatic heterocycles. The van der Waals surface area contributed by atoms with Gasteiger partial charge in [0.05, 0.1) is 24.9 Å². The van der Waals surface area contributed by atoms with Crippen LogP contribution in [0.5, 0.6) is 0 Å². The lowest BCUT2D eigenvalue weighted by Gasteiger charge is -2.41. The van der Waals surface area contributed by atoms with E-state index in [4.69, 9.17) is 15.2 Å². The number of nitrogens with zero attached hydrogens (tertiary/aromatic N) is 4. The van der Waals surface area contributed by atoms with Crippen molar-refractivity contribution < 1.29 is 14.3 Å². The Morgan fingerprint density at radius 2 is 2.04 bits per heavy atom. The van der Waals surface area contributed by atoms with Crippen molar-refractivity contribution in [2.75, 3.05) is 24.6 Å². The van der Waals surface area contributed by atoms with Gasteiger partial charge in [-0.2, -0.15) is 0 Å². The molecule has 2 N–H and O–H groups in total. The van der Waals surface area contributed by atoms with Crippen molar-refractivity contribution >= 4 is 12.0 Å². The number of amides is 1. The summed E-state index contributed by atoms with van der Waals surface area (Å²) < 4.78 is 11.6. The van der Waals surface area contributed by atoms with Crippen LogP contribution in [0.1, 0.15) is 46.5 Å². The highest BCUT2D eigenvalue weighted by Crippen LogP contribution is 2.25. The third-order valence-electron chi connectivity index (χ3n) is 5.54. The van der Waals surface area contributed by atoms with Gasteiger partial charge in [0.1, 0.15) is 0 Å². The van der Waals surface area contributed by atoms with Crippen molar-refractivity contribution in [3.8, 4) is 0 Å². The largest absolute Gasteiger partial charge is 0.447 e. The molecule has 0 radical (unpaired) electrons. The van der Waals surface area contributed by atoms with E-state index in [0.29, 0.717) is 19.2 Å². The van der Waals surface area contributed by atoms with E-state index in [1.165, 1.54) is 0 Å². The maximum Gasteiger partial charge on any atom is 0.410 e. The van der Waals surface area contributed by atoms with Gasteiger partial charge in [-0.05, 0) is 52.5 Å². The number of ether oxygens (including phenoxy) is 2. The Morgan fingerprint density at radius 1 is 1.29 bits per heavy atom. The van der Waals surface area contributed by atoms with E-state index < -0.39 is 0 Å². The number of carbonyl (C=O) groups excluding carboxylic acids is 1. The summed E-state index contributed by atoms with van der Waals surface area (Å²) in [4.78, 5) is 25.1. The number of aromatic nitrogens is 2. The minimum Gasteiger partial charge on any atom is -0.447 e. The van der Waals surface area contributed by atoms with Gasteiger partial charge in [0.15, 0.2) is 0 Å². The summed E-state index contributed by atoms with van der Waals surface area (Å²) in [7, 11) is 0. The highest BCUT2D eigenvalue weighted by atomic mass is 16.6. The molecule has 0 aromatic carbocycles. The number of anilines is 1. The van der Waals surface area contributed by atoms with Crippen LogP contribution in [0.25, 0.3) is 0 Å². The normalized spacial score (nSPS) is 28.5. The molecule has 2 fully saturated rings. The Bertz CT molecular complexity index is 630. The summed E-state index contributed by atoms with van der Waals surface area (Å²) in [6.45, 7) is 7.87. The van der Waals surface area contributed by atoms with E-state index in [9.17, 15) is 4.79 Å². The smallest absolute Gasteiger partial charge is 0.410 e. The van der Waals surface area contributed by atoms with Crippen molar-refractivity contribution in [3.63, 3.8) is 0 Å². The molecule has 0 saturated carbocycles. The lowest BCUT2D eigenvalue weighted by Crippen LogP contribution is -2.57. The van der Waals surface area contributed by atoms with Crippen molar-refractivity contribution in [1.29, 1.82) is 0 Å². The summed E-state index contributed by atoms with van der Waals surface area (Å²) in [6, 6.07) is 1.91. The highest BCUT2D eigenvalue weighted by molar-refractivity contribution is 5.68. The molecule has 8 heteroatoms. The first-order valence-electron chi connectivity index (χ1n) is 10.3. The van der Waals surface area contributed by atoms with Crippen molar-refractivity contribution in [2.45, 2.75) is 76.8 Å². The molecule has 2 saturated heterocycles. The van der Waals surface area contributed by atoms with Crippen molar-refractivity contribution in [3.05, 3.63) is 18.5 Å². The maximum absolute atomic E-state index is 12.4. The summed E-state index contributed by atoms with van der Waals surface area (Å²) in [5.41, 5.74) is 6.32. The fourth-order valence-electron chi connectivity index (χ4n) is 4.05. The van der Waals surface area contributed by atoms with Gasteiger partial charge in [-0.3, -0.25) is 0 Å². The van der Waals surface area contributed by atoms with Gasteiger partial charge in [0.2, 0.25) is 5.95 Å². The number of nitrogens with two attached hydrogens (primary N) is 1. The van der Waals surface area contributed by atoms with Gasteiger partial charge in [0.25, 0.3) is 0 Å². The Balaban J connectivity index is 1.54. The lowest BCUT2D eigenvalue weighted by molar-refractivity contribution is -0.0258. The Labute approximate surface area is 167 Å². The molecule has 8 nitrogen and oxygen atoms in total. The third-order valence-corrected chi connectivity index (χ3v) is 5.54. The van der Waals surface area contributed by atoms with Crippen LogP contribution in [0.15, 0.2) is 18.5 Å². The molecule has 28 heavy (non-hydrogen) atoms. The first kappa shape index (κ1) is 20.8. The SMILES string of the molecule is CC(C)OC(=O)N1CCC[C@H](N)[C@@H]1CO[C@@H]1CCN(c2ncccn2)[C@H](C)C1. The van der Waals surface area contributed by atoms with Gasteiger partial charge in [-0.25, -0.2) is 14.8 Å². The number of piperidine rings is 2. The van der Waals surface area contributed by atoms with Crippen LogP contribution < -0.4 is 10.6 Å². The molecule has 3 rings (SSSR count). The van der Waals surface area contributed by atoms with E-state index in [0.717, 1.165) is 38.2 Å². The standard InChI is InChI=1S/C20H33N5O3/c1-14(2)28-20(26)25-10-4-6-17(21)18(25)13-27-16-7-11-24(15(3)12-16)19-22-8-5-9-23-19/h5,8-9,14-18H,4,6-7,10-13,21H2,1-3H3/t15-,16-,17+,18+/m1/s1. The average Bonchev–Trinajstić information content (AvgIpc) is 2.67. The zero-order chi connectivity index (χ0) is 20.1. The molecule has 1 aromatic rings. The monoisotopic (exact) mass is 391 g/mol. The van der Waals surface area contributed by atoms with Gasteiger partial charge in [-0.15, -0.1) is 0 Å². The lowest BCUT2D eigenvalue weighted by atomic mass is 9.97. The van der Waals surface area contributed by atoms with Gasteiger partial charge < -0.3 is 25.0 Å². The number of rotatable bonds is 5. The first-order chi connectivity index (χ1) is 13.5. The Morgan fingerprint density at radius 3 is 2.71 bits per heavy atom. The molecular formula is C20H33N5O3. The summed E-state index contributed by atoms with van der Waals surface area (Å²) in [5.74, 6) is 0.769. The molecule has 1 aromatic heterocycles. The molecular weight excluding hydrogens is 358 g/mol. The van der Waals surface area contributed by atoms with Crippen LogP contribution in [0.3, 0.4) is 0 Å². The molecule has 3 heterocycles. The molecule has 0 unspecified atom stereocenters. The number of hydrogen-bond acceptors (Lipinski definition) is 7. The van der Waals surface area contributed by atoms with E-state index in [-0.39, 0.29) is 30.4 Å². The average molecular weight is 392 g/mol. The second-order valence-electron chi connectivity index (χ2n) is 8.07. The van der Waals surface area contributed by atoms with Crippen LogP contribution in [0, 0.1) is 0 Å². The van der Waals surface area contributed by atoms with Gasteiger partial charge in [-0.1, -0.05) is 0 Å². The second-order valence-corrected chi connectivity index (χ2v) is 8.07. The van der Waals surface area contributed by atoms with Crippen LogP contribution in [-0.2, 0) is 9.47 Å². The summed E-state index contributed by atoms with van der Waals surface area (Å²) in [5, 5.41) is 0. The number of carbonyl (C=O) groups is 1. The molecule has 4 atom stereocenters. The second kappa shape index (κ2) is 9.52. The van der Waals surface area contributed by atoms with Crippen LogP contribution >= 0.6 is 0 Å². The van der Waals surface area contributed by atoms with E-state index >= 15 is 0 Å². The van der Waals surface area contributed by atoms with Crippen LogP contribution in [-0.4, -0.2) is 71.0 Å². The number of likely N-dealkylation sites (tertiary alicyclic amines) is 1. The zero-order valence-electron chi connectivity index (χ0n) is 17.2. The Kier molecular flexibility index (Phi) is 7.07. The molecule has 1 amide bonds. The van der Waals surface area contributed by atoms with Crippen LogP contribution in [0.4, 0.5) is 10.7 Å². The maximum atomic E-state index is 12.4. The van der Waals surface area contributed by atoms with E-state index in [2.05, 4.69) is 21.8 Å².